The molecule has 0 unspecified atom stereocenters. The molecular weight excluding hydrogens is 527 g/mol. The molecule has 2 aromatic heterocycles. The number of fused-ring (bicyclic) bond motifs is 3. The molecule has 4 fully saturated rings. The Bertz CT molecular complexity index is 1410. The predicted molar refractivity (Wildman–Crippen MR) is 158 cm³/mol. The topological polar surface area (TPSA) is 91.4 Å². The third-order valence-electron chi connectivity index (χ3n) is 9.74. The molecule has 8 nitrogen and oxygen atoms in total. The van der Waals surface area contributed by atoms with Crippen molar-refractivity contribution in [2.24, 2.45) is 23.2 Å². The van der Waals surface area contributed by atoms with Gasteiger partial charge in [-0.25, -0.2) is 9.37 Å². The van der Waals surface area contributed by atoms with Crippen LogP contribution in [0.15, 0.2) is 29.6 Å². The molecule has 2 bridgehead atoms. The summed E-state index contributed by atoms with van der Waals surface area (Å²) in [6.07, 6.45) is 4.39. The number of carbonyl (C=O) groups is 1. The Morgan fingerprint density at radius 3 is 2.70 bits per heavy atom. The Balaban J connectivity index is 1.23. The largest absolute Gasteiger partial charge is 0.489 e. The van der Waals surface area contributed by atoms with Crippen LogP contribution in [0.3, 0.4) is 0 Å². The molecule has 1 saturated heterocycles. The van der Waals surface area contributed by atoms with Gasteiger partial charge in [-0.2, -0.15) is 4.98 Å². The Morgan fingerprint density at radius 1 is 1.18 bits per heavy atom. The van der Waals surface area contributed by atoms with Crippen LogP contribution < -0.4 is 20.7 Å². The SMILES string of the molecule is CNC(=O)[C@H]1C[C@H]2C[C@H](C2(C)C)[C@@]1(C)Nc1nc(Nc2ccc(OCCN3CCCC3)c(F)c2)nc2ccsc12. The lowest BCUT2D eigenvalue weighted by Gasteiger charge is -2.66. The van der Waals surface area contributed by atoms with Gasteiger partial charge >= 0.3 is 0 Å². The molecule has 3 saturated carbocycles. The van der Waals surface area contributed by atoms with E-state index in [-0.39, 0.29) is 23.0 Å². The quantitative estimate of drug-likeness (QED) is 0.308. The smallest absolute Gasteiger partial charge is 0.229 e. The molecule has 3 aromatic rings. The van der Waals surface area contributed by atoms with Gasteiger partial charge in [0.05, 0.1) is 21.7 Å². The fraction of sp³-hybridized carbons (Fsp3) is 0.567. The summed E-state index contributed by atoms with van der Waals surface area (Å²) in [6.45, 7) is 10.2. The number of amides is 1. The molecule has 3 heterocycles. The minimum absolute atomic E-state index is 0.0632. The van der Waals surface area contributed by atoms with E-state index in [1.54, 1.807) is 30.5 Å². The van der Waals surface area contributed by atoms with Crippen molar-refractivity contribution in [1.82, 2.24) is 20.2 Å². The first-order chi connectivity index (χ1) is 19.2. The Kier molecular flexibility index (Phi) is 7.11. The molecule has 214 valence electrons. The van der Waals surface area contributed by atoms with Gasteiger partial charge in [0.1, 0.15) is 12.4 Å². The van der Waals surface area contributed by atoms with Crippen LogP contribution in [0.2, 0.25) is 0 Å². The molecule has 4 aliphatic rings. The zero-order valence-corrected chi connectivity index (χ0v) is 24.5. The van der Waals surface area contributed by atoms with Crippen LogP contribution in [-0.4, -0.2) is 59.6 Å². The number of carbonyl (C=O) groups excluding carboxylic acids is 1. The minimum atomic E-state index is -0.471. The number of thiophene rings is 1. The van der Waals surface area contributed by atoms with Crippen molar-refractivity contribution >= 4 is 44.9 Å². The second-order valence-electron chi connectivity index (χ2n) is 12.3. The molecule has 1 amide bonds. The summed E-state index contributed by atoms with van der Waals surface area (Å²) in [5.41, 5.74) is 1.01. The first-order valence-corrected chi connectivity index (χ1v) is 15.2. The van der Waals surface area contributed by atoms with Gasteiger partial charge in [0.2, 0.25) is 11.9 Å². The van der Waals surface area contributed by atoms with Crippen molar-refractivity contribution in [2.45, 2.75) is 52.0 Å². The molecular formula is C30H39FN6O2S. The highest BCUT2D eigenvalue weighted by molar-refractivity contribution is 7.17. The normalized spacial score (nSPS) is 27.3. The van der Waals surface area contributed by atoms with Crippen molar-refractivity contribution in [3.63, 3.8) is 0 Å². The molecule has 0 spiro atoms. The third kappa shape index (κ3) is 4.79. The molecule has 7 rings (SSSR count). The summed E-state index contributed by atoms with van der Waals surface area (Å²) in [4.78, 5) is 24.9. The first-order valence-electron chi connectivity index (χ1n) is 14.4. The lowest BCUT2D eigenvalue weighted by atomic mass is 9.40. The van der Waals surface area contributed by atoms with E-state index in [4.69, 9.17) is 14.7 Å². The Morgan fingerprint density at radius 2 is 1.98 bits per heavy atom. The highest BCUT2D eigenvalue weighted by atomic mass is 32.1. The molecule has 3 aliphatic carbocycles. The van der Waals surface area contributed by atoms with Crippen molar-refractivity contribution < 1.29 is 13.9 Å². The van der Waals surface area contributed by atoms with Gasteiger partial charge in [-0.15, -0.1) is 11.3 Å². The number of nitrogens with one attached hydrogen (secondary N) is 3. The third-order valence-corrected chi connectivity index (χ3v) is 10.7. The molecule has 1 aromatic carbocycles. The number of rotatable bonds is 9. The summed E-state index contributed by atoms with van der Waals surface area (Å²) in [5, 5.41) is 11.8. The van der Waals surface area contributed by atoms with Crippen LogP contribution in [0.4, 0.5) is 21.8 Å². The molecule has 4 atom stereocenters. The van der Waals surface area contributed by atoms with Crippen molar-refractivity contribution in [3.05, 3.63) is 35.5 Å². The molecule has 10 heteroatoms. The van der Waals surface area contributed by atoms with Crippen LogP contribution in [0.25, 0.3) is 10.2 Å². The Hall–Kier alpha value is -2.98. The van der Waals surface area contributed by atoms with Gasteiger partial charge in [-0.3, -0.25) is 9.69 Å². The van der Waals surface area contributed by atoms with E-state index in [1.807, 2.05) is 11.4 Å². The summed E-state index contributed by atoms with van der Waals surface area (Å²) in [5.74, 6) is 1.66. The van der Waals surface area contributed by atoms with Crippen molar-refractivity contribution in [3.8, 4) is 5.75 Å². The molecule has 0 radical (unpaired) electrons. The standard InChI is InChI=1S/C30H39FN6O2S/c1-29(2)18-15-20(27(38)32-4)30(3,24(29)16-18)36-26-25-22(9-14-40-25)34-28(35-26)33-19-7-8-23(21(31)17-19)39-13-12-37-10-5-6-11-37/h7-9,14,17-18,20,24H,5-6,10-13,15-16H2,1-4H3,(H,32,38)(H2,33,34,35,36)/t18-,20+,24+,30-/m0/s1. The monoisotopic (exact) mass is 566 g/mol. The second-order valence-corrected chi connectivity index (χ2v) is 13.2. The number of hydrogen-bond acceptors (Lipinski definition) is 8. The fourth-order valence-corrected chi connectivity index (χ4v) is 8.08. The average Bonchev–Trinajstić information content (AvgIpc) is 3.61. The van der Waals surface area contributed by atoms with Gasteiger partial charge in [-0.1, -0.05) is 13.8 Å². The van der Waals surface area contributed by atoms with Gasteiger partial charge in [0.15, 0.2) is 11.6 Å². The predicted octanol–water partition coefficient (Wildman–Crippen LogP) is 5.65. The molecule has 1 aliphatic heterocycles. The lowest BCUT2D eigenvalue weighted by Crippen LogP contribution is -2.69. The van der Waals surface area contributed by atoms with Gasteiger partial charge in [0.25, 0.3) is 0 Å². The highest BCUT2D eigenvalue weighted by Crippen LogP contribution is 2.65. The number of benzene rings is 1. The van der Waals surface area contributed by atoms with Crippen molar-refractivity contribution in [1.29, 1.82) is 0 Å². The highest BCUT2D eigenvalue weighted by Gasteiger charge is 2.64. The molecule has 40 heavy (non-hydrogen) atoms. The number of aromatic nitrogens is 2. The second kappa shape index (κ2) is 10.4. The maximum Gasteiger partial charge on any atom is 0.229 e. The van der Waals surface area contributed by atoms with E-state index in [9.17, 15) is 9.18 Å². The zero-order chi connectivity index (χ0) is 28.1. The summed E-state index contributed by atoms with van der Waals surface area (Å²) in [6, 6.07) is 6.80. The number of halogens is 1. The van der Waals surface area contributed by atoms with Gasteiger partial charge in [-0.05, 0) is 86.5 Å². The van der Waals surface area contributed by atoms with Gasteiger partial charge in [0, 0.05) is 25.3 Å². The minimum Gasteiger partial charge on any atom is -0.489 e. The number of ether oxygens (including phenoxy) is 1. The average molecular weight is 567 g/mol. The number of likely N-dealkylation sites (tertiary alicyclic amines) is 1. The zero-order valence-electron chi connectivity index (χ0n) is 23.7. The van der Waals surface area contributed by atoms with Crippen LogP contribution >= 0.6 is 11.3 Å². The van der Waals surface area contributed by atoms with E-state index in [0.717, 1.165) is 42.7 Å². The lowest BCUT2D eigenvalue weighted by molar-refractivity contribution is -0.155. The van der Waals surface area contributed by atoms with Crippen LogP contribution in [0.1, 0.15) is 46.5 Å². The van der Waals surface area contributed by atoms with E-state index in [2.05, 4.69) is 41.6 Å². The van der Waals surface area contributed by atoms with E-state index < -0.39 is 11.4 Å². The van der Waals surface area contributed by atoms with E-state index >= 15 is 0 Å². The number of hydrogen-bond donors (Lipinski definition) is 3. The van der Waals surface area contributed by atoms with E-state index in [0.29, 0.717) is 35.9 Å². The van der Waals surface area contributed by atoms with Gasteiger partial charge < -0.3 is 20.7 Å². The number of nitrogens with zero attached hydrogens (tertiary/aromatic N) is 3. The summed E-state index contributed by atoms with van der Waals surface area (Å²) >= 11 is 1.57. The fourth-order valence-electron chi connectivity index (χ4n) is 7.31. The maximum atomic E-state index is 14.9. The van der Waals surface area contributed by atoms with E-state index in [1.165, 1.54) is 18.9 Å². The Labute approximate surface area is 239 Å². The van der Waals surface area contributed by atoms with Crippen LogP contribution in [0, 0.1) is 29.0 Å². The van der Waals surface area contributed by atoms with Crippen LogP contribution in [-0.2, 0) is 4.79 Å². The molecule has 3 N–H and O–H groups in total. The first kappa shape index (κ1) is 27.2. The summed E-state index contributed by atoms with van der Waals surface area (Å²) < 4.78 is 21.6. The van der Waals surface area contributed by atoms with Crippen molar-refractivity contribution in [2.75, 3.05) is 43.9 Å². The maximum absolute atomic E-state index is 14.9. The number of anilines is 3. The van der Waals surface area contributed by atoms with Crippen LogP contribution in [0.5, 0.6) is 5.75 Å². The summed E-state index contributed by atoms with van der Waals surface area (Å²) in [7, 11) is 1.71.